The number of aliphatic hydroxyl groups excluding tert-OH is 1. The van der Waals surface area contributed by atoms with E-state index in [-0.39, 0.29) is 18.4 Å². The molecule has 1 N–H and O–H groups in total. The van der Waals surface area contributed by atoms with Gasteiger partial charge in [0.1, 0.15) is 0 Å². The van der Waals surface area contributed by atoms with Crippen molar-refractivity contribution >= 4 is 49.9 Å². The SMILES string of the molecule is CCCCCN(CCCCC)C(C)C(O)c1ccc2cc(Br)c3ccccc3c2c1.Cl. The first kappa shape index (κ1) is 26.1. The molecule has 3 aromatic carbocycles. The second kappa shape index (κ2) is 12.8. The van der Waals surface area contributed by atoms with Crippen LogP contribution in [0.1, 0.15) is 71.0 Å². The Morgan fingerprint density at radius 2 is 1.45 bits per heavy atom. The Balaban J connectivity index is 0.00000341. The van der Waals surface area contributed by atoms with E-state index in [9.17, 15) is 5.11 Å². The summed E-state index contributed by atoms with van der Waals surface area (Å²) < 4.78 is 1.12. The van der Waals surface area contributed by atoms with Crippen molar-refractivity contribution in [2.75, 3.05) is 13.1 Å². The molecule has 0 aromatic heterocycles. The van der Waals surface area contributed by atoms with Crippen LogP contribution in [0, 0.1) is 0 Å². The summed E-state index contributed by atoms with van der Waals surface area (Å²) in [5.41, 5.74) is 1.01. The molecule has 0 saturated heterocycles. The minimum Gasteiger partial charge on any atom is -0.387 e. The lowest BCUT2D eigenvalue weighted by Gasteiger charge is -2.33. The van der Waals surface area contributed by atoms with E-state index >= 15 is 0 Å². The molecule has 0 heterocycles. The molecule has 0 aliphatic rings. The average Bonchev–Trinajstić information content (AvgIpc) is 2.77. The zero-order valence-corrected chi connectivity index (χ0v) is 21.5. The van der Waals surface area contributed by atoms with E-state index in [1.807, 2.05) is 0 Å². The summed E-state index contributed by atoms with van der Waals surface area (Å²) in [6.45, 7) is 8.82. The molecule has 2 nitrogen and oxygen atoms in total. The molecule has 2 atom stereocenters. The summed E-state index contributed by atoms with van der Waals surface area (Å²) in [6.07, 6.45) is 6.89. The lowest BCUT2D eigenvalue weighted by molar-refractivity contribution is 0.0556. The van der Waals surface area contributed by atoms with Crippen molar-refractivity contribution in [2.45, 2.75) is 71.4 Å². The number of unbranched alkanes of at least 4 members (excludes halogenated alkanes) is 4. The van der Waals surface area contributed by atoms with Crippen LogP contribution in [0.3, 0.4) is 0 Å². The molecule has 0 spiro atoms. The maximum absolute atomic E-state index is 11.3. The monoisotopic (exact) mass is 505 g/mol. The van der Waals surface area contributed by atoms with Crippen LogP contribution in [0.5, 0.6) is 0 Å². The maximum atomic E-state index is 11.3. The number of nitrogens with zero attached hydrogens (tertiary/aromatic N) is 1. The van der Waals surface area contributed by atoms with Gasteiger partial charge in [-0.3, -0.25) is 4.90 Å². The minimum atomic E-state index is -0.486. The third-order valence-corrected chi connectivity index (χ3v) is 6.96. The second-order valence-electron chi connectivity index (χ2n) is 8.52. The molecule has 0 aliphatic carbocycles. The number of aliphatic hydroxyl groups is 1. The molecule has 3 rings (SSSR count). The summed E-state index contributed by atoms with van der Waals surface area (Å²) in [5, 5.41) is 16.2. The first-order valence-corrected chi connectivity index (χ1v) is 12.4. The highest BCUT2D eigenvalue weighted by molar-refractivity contribution is 9.10. The quantitative estimate of drug-likeness (QED) is 0.209. The normalized spacial score (nSPS) is 13.5. The van der Waals surface area contributed by atoms with Crippen LogP contribution in [0.15, 0.2) is 53.0 Å². The Morgan fingerprint density at radius 1 is 0.839 bits per heavy atom. The number of hydrogen-bond acceptors (Lipinski definition) is 2. The maximum Gasteiger partial charge on any atom is 0.0942 e. The highest BCUT2D eigenvalue weighted by Gasteiger charge is 2.23. The van der Waals surface area contributed by atoms with Gasteiger partial charge in [-0.05, 0) is 72.1 Å². The highest BCUT2D eigenvalue weighted by Crippen LogP contribution is 2.34. The van der Waals surface area contributed by atoms with Gasteiger partial charge < -0.3 is 5.11 Å². The number of halogens is 2. The van der Waals surface area contributed by atoms with Crippen molar-refractivity contribution in [1.29, 1.82) is 0 Å². The minimum absolute atomic E-state index is 0. The Morgan fingerprint density at radius 3 is 2.06 bits per heavy atom. The fourth-order valence-electron chi connectivity index (χ4n) is 4.38. The van der Waals surface area contributed by atoms with E-state index in [2.05, 4.69) is 90.1 Å². The Kier molecular flexibility index (Phi) is 10.8. The smallest absolute Gasteiger partial charge is 0.0942 e. The largest absolute Gasteiger partial charge is 0.387 e. The summed E-state index contributed by atoms with van der Waals surface area (Å²) in [4.78, 5) is 2.50. The molecule has 3 aromatic rings. The van der Waals surface area contributed by atoms with Gasteiger partial charge in [-0.2, -0.15) is 0 Å². The van der Waals surface area contributed by atoms with Crippen molar-refractivity contribution < 1.29 is 5.11 Å². The van der Waals surface area contributed by atoms with Crippen LogP contribution in [-0.2, 0) is 0 Å². The molecular formula is C27H37BrClNO. The van der Waals surface area contributed by atoms with Crippen LogP contribution < -0.4 is 0 Å². The van der Waals surface area contributed by atoms with Gasteiger partial charge in [0, 0.05) is 10.5 Å². The number of hydrogen-bond donors (Lipinski definition) is 1. The van der Waals surface area contributed by atoms with Crippen molar-refractivity contribution in [3.63, 3.8) is 0 Å². The van der Waals surface area contributed by atoms with Crippen LogP contribution in [-0.4, -0.2) is 29.1 Å². The second-order valence-corrected chi connectivity index (χ2v) is 9.37. The lowest BCUT2D eigenvalue weighted by Crippen LogP contribution is -2.39. The summed E-state index contributed by atoms with van der Waals surface area (Å²) >= 11 is 3.71. The van der Waals surface area contributed by atoms with Crippen molar-refractivity contribution in [1.82, 2.24) is 4.90 Å². The summed E-state index contributed by atoms with van der Waals surface area (Å²) in [5.74, 6) is 0. The van der Waals surface area contributed by atoms with Gasteiger partial charge in [-0.1, -0.05) is 91.9 Å². The van der Waals surface area contributed by atoms with Gasteiger partial charge in [0.05, 0.1) is 6.10 Å². The lowest BCUT2D eigenvalue weighted by atomic mass is 9.95. The third kappa shape index (κ3) is 6.44. The zero-order valence-electron chi connectivity index (χ0n) is 19.1. The highest BCUT2D eigenvalue weighted by atomic mass is 79.9. The van der Waals surface area contributed by atoms with E-state index in [0.29, 0.717) is 0 Å². The molecule has 0 aliphatic heterocycles. The van der Waals surface area contributed by atoms with Gasteiger partial charge >= 0.3 is 0 Å². The molecule has 0 fully saturated rings. The Labute approximate surface area is 202 Å². The third-order valence-electron chi connectivity index (χ3n) is 6.31. The van der Waals surface area contributed by atoms with E-state index in [4.69, 9.17) is 0 Å². The zero-order chi connectivity index (χ0) is 21.5. The molecule has 2 unspecified atom stereocenters. The molecular weight excluding hydrogens is 470 g/mol. The van der Waals surface area contributed by atoms with Crippen molar-refractivity contribution in [3.05, 3.63) is 58.6 Å². The molecule has 4 heteroatoms. The fraction of sp³-hybridized carbons (Fsp3) is 0.481. The van der Waals surface area contributed by atoms with Gasteiger partial charge in [0.2, 0.25) is 0 Å². The van der Waals surface area contributed by atoms with Crippen LogP contribution in [0.2, 0.25) is 0 Å². The first-order chi connectivity index (χ1) is 14.6. The van der Waals surface area contributed by atoms with Gasteiger partial charge in [0.25, 0.3) is 0 Å². The van der Waals surface area contributed by atoms with Gasteiger partial charge in [-0.25, -0.2) is 0 Å². The molecule has 0 radical (unpaired) electrons. The van der Waals surface area contributed by atoms with E-state index < -0.39 is 6.10 Å². The van der Waals surface area contributed by atoms with Crippen LogP contribution in [0.4, 0.5) is 0 Å². The standard InChI is InChI=1S/C27H36BrNO.ClH/c1-4-6-10-16-29(17-11-7-5-2)20(3)27(30)22-15-14-21-19-26(28)24-13-9-8-12-23(24)25(21)18-22;/h8-9,12-15,18-20,27,30H,4-7,10-11,16-17H2,1-3H3;1H. The number of fused-ring (bicyclic) bond motifs is 3. The first-order valence-electron chi connectivity index (χ1n) is 11.6. The summed E-state index contributed by atoms with van der Waals surface area (Å²) in [6, 6.07) is 17.2. The van der Waals surface area contributed by atoms with E-state index in [1.165, 1.54) is 60.1 Å². The molecule has 0 saturated carbocycles. The molecule has 170 valence electrons. The van der Waals surface area contributed by atoms with Gasteiger partial charge in [-0.15, -0.1) is 12.4 Å². The summed E-state index contributed by atoms with van der Waals surface area (Å²) in [7, 11) is 0. The number of rotatable bonds is 11. The van der Waals surface area contributed by atoms with E-state index in [0.717, 1.165) is 23.1 Å². The van der Waals surface area contributed by atoms with Crippen LogP contribution >= 0.6 is 28.3 Å². The fourth-order valence-corrected chi connectivity index (χ4v) is 4.98. The van der Waals surface area contributed by atoms with Crippen molar-refractivity contribution in [3.8, 4) is 0 Å². The topological polar surface area (TPSA) is 23.5 Å². The number of benzene rings is 3. The molecule has 0 bridgehead atoms. The predicted octanol–water partition coefficient (Wildman–Crippen LogP) is 8.28. The van der Waals surface area contributed by atoms with Gasteiger partial charge in [0.15, 0.2) is 0 Å². The van der Waals surface area contributed by atoms with E-state index in [1.54, 1.807) is 0 Å². The average molecular weight is 507 g/mol. The Hall–Kier alpha value is -1.13. The predicted molar refractivity (Wildman–Crippen MR) is 141 cm³/mol. The molecule has 31 heavy (non-hydrogen) atoms. The Bertz CT molecular complexity index is 951. The molecule has 0 amide bonds. The van der Waals surface area contributed by atoms with Crippen molar-refractivity contribution in [2.24, 2.45) is 0 Å². The van der Waals surface area contributed by atoms with Crippen LogP contribution in [0.25, 0.3) is 21.5 Å².